The lowest BCUT2D eigenvalue weighted by Gasteiger charge is -2.22. The van der Waals surface area contributed by atoms with Gasteiger partial charge in [0.2, 0.25) is 5.91 Å². The Bertz CT molecular complexity index is 955. The third kappa shape index (κ3) is 6.00. The summed E-state index contributed by atoms with van der Waals surface area (Å²) in [6, 6.07) is 8.48. The third-order valence-electron chi connectivity index (χ3n) is 4.75. The first kappa shape index (κ1) is 22.2. The lowest BCUT2D eigenvalue weighted by Crippen LogP contribution is -2.47. The summed E-state index contributed by atoms with van der Waals surface area (Å²) < 4.78 is 27.7. The first-order valence-electron chi connectivity index (χ1n) is 9.98. The van der Waals surface area contributed by atoms with Gasteiger partial charge in [-0.3, -0.25) is 9.59 Å². The van der Waals surface area contributed by atoms with Crippen LogP contribution in [0.5, 0.6) is 0 Å². The highest BCUT2D eigenvalue weighted by Crippen LogP contribution is 2.20. The van der Waals surface area contributed by atoms with Crippen LogP contribution in [0, 0.1) is 17.6 Å². The van der Waals surface area contributed by atoms with E-state index in [4.69, 9.17) is 0 Å². The normalized spacial score (nSPS) is 14.0. The second-order valence-corrected chi connectivity index (χ2v) is 7.73. The fraction of sp³-hybridized carbons (Fsp3) is 0.318. The van der Waals surface area contributed by atoms with Gasteiger partial charge in [-0.25, -0.2) is 13.6 Å². The van der Waals surface area contributed by atoms with Crippen molar-refractivity contribution in [3.8, 4) is 0 Å². The van der Waals surface area contributed by atoms with Crippen molar-refractivity contribution >= 4 is 29.2 Å². The van der Waals surface area contributed by atoms with Crippen molar-refractivity contribution in [2.75, 3.05) is 10.6 Å². The Morgan fingerprint density at radius 2 is 1.45 bits per heavy atom. The molecule has 1 aliphatic rings. The minimum atomic E-state index is -1.02. The van der Waals surface area contributed by atoms with E-state index in [1.807, 2.05) is 0 Å². The van der Waals surface area contributed by atoms with Crippen LogP contribution in [-0.2, 0) is 4.79 Å². The highest BCUT2D eigenvalue weighted by Gasteiger charge is 2.27. The van der Waals surface area contributed by atoms with E-state index in [9.17, 15) is 23.2 Å². The van der Waals surface area contributed by atoms with E-state index in [1.165, 1.54) is 0 Å². The van der Waals surface area contributed by atoms with Crippen LogP contribution < -0.4 is 21.3 Å². The Morgan fingerprint density at radius 1 is 0.903 bits per heavy atom. The van der Waals surface area contributed by atoms with Gasteiger partial charge in [-0.2, -0.15) is 0 Å². The molecule has 164 valence electrons. The molecule has 9 heteroatoms. The van der Waals surface area contributed by atoms with E-state index in [0.29, 0.717) is 11.4 Å². The number of benzene rings is 2. The van der Waals surface area contributed by atoms with E-state index >= 15 is 0 Å². The van der Waals surface area contributed by atoms with Gasteiger partial charge in [0.15, 0.2) is 0 Å². The summed E-state index contributed by atoms with van der Waals surface area (Å²) in [4.78, 5) is 36.8. The van der Waals surface area contributed by atoms with Crippen molar-refractivity contribution in [2.24, 2.45) is 5.92 Å². The van der Waals surface area contributed by atoms with Crippen molar-refractivity contribution < 1.29 is 23.2 Å². The molecule has 2 aromatic rings. The molecule has 0 aromatic heterocycles. The number of nitrogens with one attached hydrogen (secondary N) is 4. The maximum absolute atomic E-state index is 13.9. The lowest BCUT2D eigenvalue weighted by molar-refractivity contribution is -0.118. The third-order valence-corrected chi connectivity index (χ3v) is 4.75. The quantitative estimate of drug-likeness (QED) is 0.540. The number of hydrogen-bond donors (Lipinski definition) is 4. The summed E-state index contributed by atoms with van der Waals surface area (Å²) in [7, 11) is 0. The van der Waals surface area contributed by atoms with Crippen LogP contribution in [0.15, 0.2) is 42.5 Å². The van der Waals surface area contributed by atoms with Crippen LogP contribution in [-0.4, -0.2) is 29.9 Å². The van der Waals surface area contributed by atoms with E-state index in [0.717, 1.165) is 31.0 Å². The lowest BCUT2D eigenvalue weighted by atomic mass is 10.0. The largest absolute Gasteiger partial charge is 0.340 e. The van der Waals surface area contributed by atoms with Crippen molar-refractivity contribution in [2.45, 2.75) is 38.8 Å². The first-order valence-corrected chi connectivity index (χ1v) is 9.98. The molecule has 0 saturated heterocycles. The fourth-order valence-electron chi connectivity index (χ4n) is 2.90. The van der Waals surface area contributed by atoms with Crippen molar-refractivity contribution in [3.63, 3.8) is 0 Å². The van der Waals surface area contributed by atoms with Crippen LogP contribution in [0.3, 0.4) is 0 Å². The molecule has 0 bridgehead atoms. The average Bonchev–Trinajstić information content (AvgIpc) is 3.51. The average molecular weight is 430 g/mol. The topological polar surface area (TPSA) is 99.3 Å². The molecule has 4 amide bonds. The first-order chi connectivity index (χ1) is 14.7. The van der Waals surface area contributed by atoms with Crippen molar-refractivity contribution in [1.82, 2.24) is 10.6 Å². The van der Waals surface area contributed by atoms with E-state index in [2.05, 4.69) is 21.3 Å². The van der Waals surface area contributed by atoms with Crippen LogP contribution in [0.25, 0.3) is 0 Å². The predicted molar refractivity (Wildman–Crippen MR) is 113 cm³/mol. The van der Waals surface area contributed by atoms with Crippen LogP contribution in [0.4, 0.5) is 25.0 Å². The van der Waals surface area contributed by atoms with Crippen molar-refractivity contribution in [3.05, 3.63) is 59.7 Å². The molecule has 3 rings (SSSR count). The maximum atomic E-state index is 13.9. The summed E-state index contributed by atoms with van der Waals surface area (Å²) in [5, 5.41) is 10.6. The Hall–Kier alpha value is -3.49. The molecule has 4 N–H and O–H groups in total. The summed E-state index contributed by atoms with van der Waals surface area (Å²) in [5.41, 5.74) is 0.260. The molecule has 1 aliphatic carbocycles. The molecule has 1 unspecified atom stereocenters. The molecule has 2 aromatic carbocycles. The number of amides is 4. The molecule has 31 heavy (non-hydrogen) atoms. The summed E-state index contributed by atoms with van der Waals surface area (Å²) in [6.45, 7) is 3.40. The van der Waals surface area contributed by atoms with Gasteiger partial charge in [0, 0.05) is 17.4 Å². The summed E-state index contributed by atoms with van der Waals surface area (Å²) >= 11 is 0. The monoisotopic (exact) mass is 430 g/mol. The minimum absolute atomic E-state index is 0.236. The molecule has 0 heterocycles. The minimum Gasteiger partial charge on any atom is -0.340 e. The number of rotatable bonds is 7. The number of anilines is 2. The fourth-order valence-corrected chi connectivity index (χ4v) is 2.90. The van der Waals surface area contributed by atoms with Gasteiger partial charge in [-0.05, 0) is 55.2 Å². The molecular weight excluding hydrogens is 406 g/mol. The van der Waals surface area contributed by atoms with Gasteiger partial charge in [0.25, 0.3) is 5.91 Å². The van der Waals surface area contributed by atoms with E-state index in [1.54, 1.807) is 38.1 Å². The van der Waals surface area contributed by atoms with Gasteiger partial charge < -0.3 is 21.3 Å². The number of urea groups is 1. The molecule has 7 nitrogen and oxygen atoms in total. The zero-order valence-corrected chi connectivity index (χ0v) is 17.2. The molecule has 1 fully saturated rings. The van der Waals surface area contributed by atoms with Gasteiger partial charge in [-0.15, -0.1) is 0 Å². The number of carbonyl (C=O) groups excluding carboxylic acids is 3. The van der Waals surface area contributed by atoms with Gasteiger partial charge in [0.05, 0.1) is 0 Å². The van der Waals surface area contributed by atoms with Crippen LogP contribution in [0.2, 0.25) is 0 Å². The zero-order valence-electron chi connectivity index (χ0n) is 17.2. The van der Waals surface area contributed by atoms with Gasteiger partial charge in [0.1, 0.15) is 23.2 Å². The van der Waals surface area contributed by atoms with Crippen molar-refractivity contribution in [1.29, 1.82) is 0 Å². The molecule has 1 saturated carbocycles. The summed E-state index contributed by atoms with van der Waals surface area (Å²) in [5.74, 6) is -3.90. The Balaban J connectivity index is 1.62. The Morgan fingerprint density at radius 3 is 1.97 bits per heavy atom. The molecule has 0 aliphatic heterocycles. The standard InChI is InChI=1S/C22H24F2N4O3/c1-12(2)19(28-20(29)18-16(23)4-3-5-17(18)24)21(30)25-13-6-8-14(9-7-13)26-22(31)27-15-10-11-15/h3-9,12,15,19H,10-11H2,1-2H3,(H,25,30)(H,28,29)(H2,26,27,31). The Kier molecular flexibility index (Phi) is 6.84. The van der Waals surface area contributed by atoms with Gasteiger partial charge in [-0.1, -0.05) is 19.9 Å². The highest BCUT2D eigenvalue weighted by atomic mass is 19.1. The smallest absolute Gasteiger partial charge is 0.319 e. The van der Waals surface area contributed by atoms with E-state index < -0.39 is 35.1 Å². The summed E-state index contributed by atoms with van der Waals surface area (Å²) in [6.07, 6.45) is 1.96. The number of halogens is 2. The zero-order chi connectivity index (χ0) is 22.5. The van der Waals surface area contributed by atoms with E-state index in [-0.39, 0.29) is 18.0 Å². The molecule has 0 spiro atoms. The Labute approximate surface area is 178 Å². The maximum Gasteiger partial charge on any atom is 0.319 e. The van der Waals surface area contributed by atoms with Crippen LogP contribution in [0.1, 0.15) is 37.0 Å². The number of hydrogen-bond acceptors (Lipinski definition) is 3. The second-order valence-electron chi connectivity index (χ2n) is 7.73. The predicted octanol–water partition coefficient (Wildman–Crippen LogP) is 3.64. The molecule has 0 radical (unpaired) electrons. The van der Waals surface area contributed by atoms with Gasteiger partial charge >= 0.3 is 6.03 Å². The number of carbonyl (C=O) groups is 3. The van der Waals surface area contributed by atoms with Crippen LogP contribution >= 0.6 is 0 Å². The SMILES string of the molecule is CC(C)C(NC(=O)c1c(F)cccc1F)C(=O)Nc1ccc(NC(=O)NC2CC2)cc1. The second kappa shape index (κ2) is 9.55. The molecular formula is C22H24F2N4O3. The molecule has 1 atom stereocenters. The highest BCUT2D eigenvalue weighted by molar-refractivity contribution is 6.01.